The molecule has 0 saturated carbocycles. The van der Waals surface area contributed by atoms with Gasteiger partial charge in [-0.05, 0) is 37.1 Å². The van der Waals surface area contributed by atoms with Crippen LogP contribution in [-0.2, 0) is 26.1 Å². The van der Waals surface area contributed by atoms with Crippen LogP contribution in [0, 0.1) is 11.7 Å². The van der Waals surface area contributed by atoms with Gasteiger partial charge in [0.2, 0.25) is 15.9 Å². The van der Waals surface area contributed by atoms with Gasteiger partial charge in [0.25, 0.3) is 0 Å². The van der Waals surface area contributed by atoms with Gasteiger partial charge in [0.1, 0.15) is 5.82 Å². The minimum Gasteiger partial charge on any atom is -0.465 e. The number of nitrogens with zero attached hydrogens (tertiary/aromatic N) is 1. The van der Waals surface area contributed by atoms with Crippen LogP contribution >= 0.6 is 0 Å². The lowest BCUT2D eigenvalue weighted by molar-refractivity contribution is -0.126. The lowest BCUT2D eigenvalue weighted by Gasteiger charge is -2.30. The van der Waals surface area contributed by atoms with Gasteiger partial charge >= 0.3 is 5.97 Å². The van der Waals surface area contributed by atoms with E-state index in [1.165, 1.54) is 41.7 Å². The first-order chi connectivity index (χ1) is 14.3. The largest absolute Gasteiger partial charge is 0.465 e. The van der Waals surface area contributed by atoms with Crippen molar-refractivity contribution in [3.8, 4) is 0 Å². The Bertz CT molecular complexity index is 1030. The summed E-state index contributed by atoms with van der Waals surface area (Å²) in [5.41, 5.74) is 0.553. The standard InChI is InChI=1S/C21H23FN2O5S/c1-29-21(26)16-6-4-7-18(13-16)30(27,28)24-11-9-15(10-12-24)20(25)23-14-17-5-2-3-8-19(17)22/h2-8,13,15H,9-12,14H2,1H3,(H,23,25). The molecule has 1 saturated heterocycles. The smallest absolute Gasteiger partial charge is 0.337 e. The number of methoxy groups -OCH3 is 1. The predicted octanol–water partition coefficient (Wildman–Crippen LogP) is 2.33. The topological polar surface area (TPSA) is 92.8 Å². The van der Waals surface area contributed by atoms with Crippen molar-refractivity contribution in [3.63, 3.8) is 0 Å². The van der Waals surface area contributed by atoms with Crippen LogP contribution in [0.2, 0.25) is 0 Å². The maximum absolute atomic E-state index is 13.7. The molecule has 0 bridgehead atoms. The second-order valence-corrected chi connectivity index (χ2v) is 8.94. The summed E-state index contributed by atoms with van der Waals surface area (Å²) < 4.78 is 45.4. The zero-order chi connectivity index (χ0) is 21.7. The molecular weight excluding hydrogens is 411 g/mol. The molecule has 1 heterocycles. The van der Waals surface area contributed by atoms with Crippen molar-refractivity contribution in [2.24, 2.45) is 5.92 Å². The third-order valence-corrected chi connectivity index (χ3v) is 7.02. The first-order valence-electron chi connectivity index (χ1n) is 9.52. The van der Waals surface area contributed by atoms with E-state index in [-0.39, 0.29) is 47.7 Å². The third-order valence-electron chi connectivity index (χ3n) is 5.13. The highest BCUT2D eigenvalue weighted by Gasteiger charge is 2.32. The molecule has 1 fully saturated rings. The van der Waals surface area contributed by atoms with Crippen molar-refractivity contribution < 1.29 is 27.1 Å². The summed E-state index contributed by atoms with van der Waals surface area (Å²) in [7, 11) is -2.56. The highest BCUT2D eigenvalue weighted by Crippen LogP contribution is 2.25. The Kier molecular flexibility index (Phi) is 6.84. The zero-order valence-corrected chi connectivity index (χ0v) is 17.3. The Labute approximate surface area is 174 Å². The number of hydrogen-bond acceptors (Lipinski definition) is 5. The summed E-state index contributed by atoms with van der Waals surface area (Å²) in [6.45, 7) is 0.454. The van der Waals surface area contributed by atoms with Gasteiger partial charge in [-0.1, -0.05) is 24.3 Å². The molecule has 1 amide bonds. The van der Waals surface area contributed by atoms with Crippen LogP contribution in [0.5, 0.6) is 0 Å². The van der Waals surface area contributed by atoms with Crippen molar-refractivity contribution in [2.45, 2.75) is 24.3 Å². The van der Waals surface area contributed by atoms with Crippen molar-refractivity contribution >= 4 is 21.9 Å². The molecule has 9 heteroatoms. The van der Waals surface area contributed by atoms with E-state index in [0.29, 0.717) is 18.4 Å². The molecule has 0 aliphatic carbocycles. The van der Waals surface area contributed by atoms with Gasteiger partial charge in [-0.3, -0.25) is 4.79 Å². The number of nitrogens with one attached hydrogen (secondary N) is 1. The summed E-state index contributed by atoms with van der Waals surface area (Å²) in [6.07, 6.45) is 0.720. The first-order valence-corrected chi connectivity index (χ1v) is 11.0. The highest BCUT2D eigenvalue weighted by molar-refractivity contribution is 7.89. The Morgan fingerprint density at radius 3 is 2.50 bits per heavy atom. The van der Waals surface area contributed by atoms with Crippen LogP contribution in [0.15, 0.2) is 53.4 Å². The van der Waals surface area contributed by atoms with Crippen molar-refractivity contribution in [3.05, 3.63) is 65.5 Å². The third kappa shape index (κ3) is 4.85. The van der Waals surface area contributed by atoms with E-state index in [1.807, 2.05) is 0 Å². The van der Waals surface area contributed by atoms with Crippen LogP contribution in [0.3, 0.4) is 0 Å². The predicted molar refractivity (Wildman–Crippen MR) is 108 cm³/mol. The molecule has 160 valence electrons. The number of sulfonamides is 1. The van der Waals surface area contributed by atoms with Crippen LogP contribution in [0.25, 0.3) is 0 Å². The minimum atomic E-state index is -3.79. The molecule has 0 unspecified atom stereocenters. The summed E-state index contributed by atoms with van der Waals surface area (Å²) in [6, 6.07) is 11.9. The Morgan fingerprint density at radius 1 is 1.13 bits per heavy atom. The molecule has 1 aliphatic rings. The molecule has 1 N–H and O–H groups in total. The van der Waals surface area contributed by atoms with Gasteiger partial charge < -0.3 is 10.1 Å². The van der Waals surface area contributed by atoms with Crippen molar-refractivity contribution in [2.75, 3.05) is 20.2 Å². The van der Waals surface area contributed by atoms with E-state index in [9.17, 15) is 22.4 Å². The molecule has 2 aromatic carbocycles. The molecule has 1 aliphatic heterocycles. The fourth-order valence-corrected chi connectivity index (χ4v) is 4.89. The van der Waals surface area contributed by atoms with E-state index in [2.05, 4.69) is 10.1 Å². The fraction of sp³-hybridized carbons (Fsp3) is 0.333. The number of benzene rings is 2. The molecule has 30 heavy (non-hydrogen) atoms. The lowest BCUT2D eigenvalue weighted by Crippen LogP contribution is -2.42. The van der Waals surface area contributed by atoms with Crippen LogP contribution in [0.4, 0.5) is 4.39 Å². The van der Waals surface area contributed by atoms with Gasteiger partial charge in [0, 0.05) is 31.1 Å². The number of amides is 1. The summed E-state index contributed by atoms with van der Waals surface area (Å²) in [5.74, 6) is -1.56. The van der Waals surface area contributed by atoms with Crippen LogP contribution in [0.1, 0.15) is 28.8 Å². The van der Waals surface area contributed by atoms with Crippen LogP contribution < -0.4 is 5.32 Å². The molecule has 0 radical (unpaired) electrons. The van der Waals surface area contributed by atoms with Gasteiger partial charge in [0.05, 0.1) is 17.6 Å². The number of rotatable bonds is 6. The Balaban J connectivity index is 1.60. The van der Waals surface area contributed by atoms with E-state index >= 15 is 0 Å². The number of carbonyl (C=O) groups is 2. The molecule has 2 aromatic rings. The molecule has 0 spiro atoms. The molecule has 0 atom stereocenters. The second kappa shape index (κ2) is 9.36. The number of carbonyl (C=O) groups excluding carboxylic acids is 2. The summed E-state index contributed by atoms with van der Waals surface area (Å²) in [4.78, 5) is 24.1. The van der Waals surface area contributed by atoms with Crippen LogP contribution in [-0.4, -0.2) is 44.8 Å². The van der Waals surface area contributed by atoms with Gasteiger partial charge in [-0.15, -0.1) is 0 Å². The maximum Gasteiger partial charge on any atom is 0.337 e. The van der Waals surface area contributed by atoms with Gasteiger partial charge in [0.15, 0.2) is 0 Å². The summed E-state index contributed by atoms with van der Waals surface area (Å²) in [5, 5.41) is 2.72. The van der Waals surface area contributed by atoms with Crippen molar-refractivity contribution in [1.29, 1.82) is 0 Å². The summed E-state index contributed by atoms with van der Waals surface area (Å²) >= 11 is 0. The Hall–Kier alpha value is -2.78. The lowest BCUT2D eigenvalue weighted by atomic mass is 9.97. The zero-order valence-electron chi connectivity index (χ0n) is 16.5. The van der Waals surface area contributed by atoms with Gasteiger partial charge in [-0.2, -0.15) is 4.31 Å². The maximum atomic E-state index is 13.7. The SMILES string of the molecule is COC(=O)c1cccc(S(=O)(=O)N2CCC(C(=O)NCc3ccccc3F)CC2)c1. The van der Waals surface area contributed by atoms with E-state index in [4.69, 9.17) is 0 Å². The number of halogens is 1. The highest BCUT2D eigenvalue weighted by atomic mass is 32.2. The van der Waals surface area contributed by atoms with E-state index < -0.39 is 16.0 Å². The van der Waals surface area contributed by atoms with E-state index in [1.54, 1.807) is 18.2 Å². The molecule has 3 rings (SSSR count). The molecule has 7 nitrogen and oxygen atoms in total. The normalized spacial score (nSPS) is 15.5. The fourth-order valence-electron chi connectivity index (χ4n) is 3.38. The monoisotopic (exact) mass is 434 g/mol. The number of hydrogen-bond donors (Lipinski definition) is 1. The number of ether oxygens (including phenoxy) is 1. The minimum absolute atomic E-state index is 0.00727. The average Bonchev–Trinajstić information content (AvgIpc) is 2.78. The van der Waals surface area contributed by atoms with Gasteiger partial charge in [-0.25, -0.2) is 17.6 Å². The number of esters is 1. The average molecular weight is 434 g/mol. The quantitative estimate of drug-likeness (QED) is 0.705. The van der Waals surface area contributed by atoms with E-state index in [0.717, 1.165) is 0 Å². The molecule has 0 aromatic heterocycles. The number of piperidine rings is 1. The Morgan fingerprint density at radius 2 is 1.83 bits per heavy atom. The van der Waals surface area contributed by atoms with Crippen molar-refractivity contribution in [1.82, 2.24) is 9.62 Å². The second-order valence-electron chi connectivity index (χ2n) is 7.01. The first kappa shape index (κ1) is 21.9. The molecular formula is C21H23FN2O5S.